The lowest BCUT2D eigenvalue weighted by Gasteiger charge is -2.41. The fourth-order valence-electron chi connectivity index (χ4n) is 3.91. The lowest BCUT2D eigenvalue weighted by atomic mass is 9.90. The highest BCUT2D eigenvalue weighted by Gasteiger charge is 2.38. The molecule has 8 nitrogen and oxygen atoms in total. The lowest BCUT2D eigenvalue weighted by Crippen LogP contribution is -2.46. The number of carbonyl (C=O) groups is 1. The van der Waals surface area contributed by atoms with E-state index in [1.54, 1.807) is 4.90 Å². The van der Waals surface area contributed by atoms with Crippen molar-refractivity contribution in [3.8, 4) is 0 Å². The molecule has 33 heavy (non-hydrogen) atoms. The Kier molecular flexibility index (Phi) is 8.23. The second-order valence-corrected chi connectivity index (χ2v) is 8.97. The molecule has 1 atom stereocenters. The second kappa shape index (κ2) is 10.7. The number of aryl methyl sites for hydroxylation is 2. The highest BCUT2D eigenvalue weighted by atomic mass is 16.4. The van der Waals surface area contributed by atoms with Crippen LogP contribution in [0.15, 0.2) is 48.5 Å². The van der Waals surface area contributed by atoms with Gasteiger partial charge in [-0.25, -0.2) is 0 Å². The van der Waals surface area contributed by atoms with Gasteiger partial charge in [0.05, 0.1) is 38.9 Å². The first kappa shape index (κ1) is 25.3. The first-order valence-corrected chi connectivity index (χ1v) is 11.1. The number of carbonyl (C=O) groups excluding carboxylic acids is 1. The standard InChI is InChI=1S/C25H33NO7/c27-14-24(32,15-28)11-9-18-1-5-20(6-2-18)22-13-23(31)26(22)21-7-3-19(4-8-21)10-12-25(33,16-29)17-30/h1-8,22,27-30,32-33H,9-17H2. The molecule has 0 bridgehead atoms. The number of amides is 1. The number of aliphatic hydroxyl groups excluding tert-OH is 4. The number of hydrogen-bond donors (Lipinski definition) is 6. The average Bonchev–Trinajstić information content (AvgIpc) is 2.85. The third-order valence-corrected chi connectivity index (χ3v) is 6.46. The van der Waals surface area contributed by atoms with Crippen molar-refractivity contribution in [1.29, 1.82) is 0 Å². The fourth-order valence-corrected chi connectivity index (χ4v) is 3.91. The highest BCUT2D eigenvalue weighted by Crippen LogP contribution is 2.39. The number of rotatable bonds is 12. The zero-order valence-electron chi connectivity index (χ0n) is 18.6. The summed E-state index contributed by atoms with van der Waals surface area (Å²) in [6, 6.07) is 15.2. The summed E-state index contributed by atoms with van der Waals surface area (Å²) < 4.78 is 0. The average molecular weight is 460 g/mol. The Morgan fingerprint density at radius 3 is 1.55 bits per heavy atom. The predicted molar refractivity (Wildman–Crippen MR) is 123 cm³/mol. The molecule has 3 rings (SSSR count). The summed E-state index contributed by atoms with van der Waals surface area (Å²) in [5, 5.41) is 56.8. The van der Waals surface area contributed by atoms with Crippen molar-refractivity contribution >= 4 is 11.6 Å². The van der Waals surface area contributed by atoms with Gasteiger partial charge in [0.25, 0.3) is 0 Å². The van der Waals surface area contributed by atoms with Crippen LogP contribution in [0.4, 0.5) is 5.69 Å². The molecule has 1 amide bonds. The van der Waals surface area contributed by atoms with Gasteiger partial charge in [-0.15, -0.1) is 0 Å². The summed E-state index contributed by atoms with van der Waals surface area (Å²) in [5.74, 6) is 0.0303. The van der Waals surface area contributed by atoms with Crippen molar-refractivity contribution in [2.24, 2.45) is 0 Å². The lowest BCUT2D eigenvalue weighted by molar-refractivity contribution is -0.124. The fraction of sp³-hybridized carbons (Fsp3) is 0.480. The molecule has 6 N–H and O–H groups in total. The molecular formula is C25H33NO7. The van der Waals surface area contributed by atoms with E-state index in [1.165, 1.54) is 0 Å². The molecular weight excluding hydrogens is 426 g/mol. The van der Waals surface area contributed by atoms with E-state index in [4.69, 9.17) is 0 Å². The monoisotopic (exact) mass is 459 g/mol. The maximum absolute atomic E-state index is 12.3. The van der Waals surface area contributed by atoms with Gasteiger partial charge in [-0.1, -0.05) is 36.4 Å². The summed E-state index contributed by atoms with van der Waals surface area (Å²) in [4.78, 5) is 14.1. The minimum atomic E-state index is -1.50. The maximum atomic E-state index is 12.3. The van der Waals surface area contributed by atoms with Gasteiger partial charge in [0.2, 0.25) is 5.91 Å². The van der Waals surface area contributed by atoms with E-state index < -0.39 is 37.6 Å². The van der Waals surface area contributed by atoms with Crippen LogP contribution in [0.2, 0.25) is 0 Å². The van der Waals surface area contributed by atoms with Crippen molar-refractivity contribution in [2.45, 2.75) is 49.3 Å². The number of anilines is 1. The quantitative estimate of drug-likeness (QED) is 0.253. The molecule has 0 saturated carbocycles. The first-order chi connectivity index (χ1) is 15.8. The molecule has 0 aliphatic carbocycles. The second-order valence-electron chi connectivity index (χ2n) is 8.97. The Morgan fingerprint density at radius 2 is 1.15 bits per heavy atom. The molecule has 8 heteroatoms. The Hall–Kier alpha value is -2.33. The van der Waals surface area contributed by atoms with Crippen molar-refractivity contribution in [2.75, 3.05) is 31.3 Å². The topological polar surface area (TPSA) is 142 Å². The van der Waals surface area contributed by atoms with Gasteiger partial charge in [0.1, 0.15) is 11.2 Å². The van der Waals surface area contributed by atoms with Gasteiger partial charge in [0.15, 0.2) is 0 Å². The molecule has 0 spiro atoms. The maximum Gasteiger partial charge on any atom is 0.230 e. The van der Waals surface area contributed by atoms with Crippen molar-refractivity contribution < 1.29 is 35.4 Å². The molecule has 2 aromatic rings. The molecule has 0 aromatic heterocycles. The van der Waals surface area contributed by atoms with Crippen LogP contribution in [0, 0.1) is 0 Å². The van der Waals surface area contributed by atoms with Crippen LogP contribution in [0.25, 0.3) is 0 Å². The molecule has 1 aliphatic rings. The molecule has 1 aliphatic heterocycles. The van der Waals surface area contributed by atoms with Crippen molar-refractivity contribution in [3.05, 3.63) is 65.2 Å². The Bertz CT molecular complexity index is 905. The SMILES string of the molecule is O=C1CC(c2ccc(CCC(O)(CO)CO)cc2)N1c1ccc(CCC(O)(CO)CO)cc1. The van der Waals surface area contributed by atoms with E-state index in [0.717, 1.165) is 22.4 Å². The van der Waals surface area contributed by atoms with Crippen LogP contribution in [0.3, 0.4) is 0 Å². The minimum Gasteiger partial charge on any atom is -0.393 e. The van der Waals surface area contributed by atoms with Gasteiger partial charge in [0, 0.05) is 5.69 Å². The van der Waals surface area contributed by atoms with E-state index >= 15 is 0 Å². The summed E-state index contributed by atoms with van der Waals surface area (Å²) in [6.45, 7) is -2.01. The largest absolute Gasteiger partial charge is 0.393 e. The molecule has 1 heterocycles. The van der Waals surface area contributed by atoms with E-state index in [9.17, 15) is 35.4 Å². The number of aliphatic hydroxyl groups is 6. The molecule has 2 aromatic carbocycles. The van der Waals surface area contributed by atoms with E-state index in [-0.39, 0.29) is 24.8 Å². The van der Waals surface area contributed by atoms with Gasteiger partial charge in [-0.2, -0.15) is 0 Å². The Labute approximate surface area is 193 Å². The van der Waals surface area contributed by atoms with Gasteiger partial charge in [-0.3, -0.25) is 4.79 Å². The Balaban J connectivity index is 1.62. The van der Waals surface area contributed by atoms with Gasteiger partial charge in [-0.05, 0) is 54.5 Å². The van der Waals surface area contributed by atoms with Crippen LogP contribution in [-0.4, -0.2) is 74.2 Å². The zero-order chi connectivity index (χ0) is 24.1. The molecule has 0 radical (unpaired) electrons. The third-order valence-electron chi connectivity index (χ3n) is 6.46. The van der Waals surface area contributed by atoms with Gasteiger partial charge >= 0.3 is 0 Å². The van der Waals surface area contributed by atoms with Crippen LogP contribution >= 0.6 is 0 Å². The first-order valence-electron chi connectivity index (χ1n) is 11.1. The van der Waals surface area contributed by atoms with Crippen LogP contribution in [-0.2, 0) is 17.6 Å². The van der Waals surface area contributed by atoms with E-state index in [0.29, 0.717) is 19.3 Å². The minimum absolute atomic E-state index is 0.0303. The van der Waals surface area contributed by atoms with Gasteiger partial charge < -0.3 is 35.5 Å². The van der Waals surface area contributed by atoms with Crippen LogP contribution in [0.1, 0.15) is 42.0 Å². The summed E-state index contributed by atoms with van der Waals surface area (Å²) in [6.07, 6.45) is 1.88. The Morgan fingerprint density at radius 1 is 0.727 bits per heavy atom. The predicted octanol–water partition coefficient (Wildman–Crippen LogP) is 0.461. The normalized spacial score (nSPS) is 16.7. The van der Waals surface area contributed by atoms with E-state index in [1.807, 2.05) is 48.5 Å². The van der Waals surface area contributed by atoms with Crippen molar-refractivity contribution in [1.82, 2.24) is 0 Å². The zero-order valence-corrected chi connectivity index (χ0v) is 18.6. The smallest absolute Gasteiger partial charge is 0.230 e. The third kappa shape index (κ3) is 5.97. The van der Waals surface area contributed by atoms with E-state index in [2.05, 4.69) is 0 Å². The van der Waals surface area contributed by atoms with Crippen LogP contribution < -0.4 is 4.90 Å². The number of benzene rings is 2. The number of nitrogens with zero attached hydrogens (tertiary/aromatic N) is 1. The molecule has 1 saturated heterocycles. The molecule has 1 fully saturated rings. The summed E-state index contributed by atoms with van der Waals surface area (Å²) in [5.41, 5.74) is 0.678. The van der Waals surface area contributed by atoms with Crippen LogP contribution in [0.5, 0.6) is 0 Å². The molecule has 1 unspecified atom stereocenters. The summed E-state index contributed by atoms with van der Waals surface area (Å²) in [7, 11) is 0. The molecule has 180 valence electrons. The summed E-state index contributed by atoms with van der Waals surface area (Å²) >= 11 is 0. The highest BCUT2D eigenvalue weighted by molar-refractivity contribution is 6.01. The van der Waals surface area contributed by atoms with Crippen molar-refractivity contribution in [3.63, 3.8) is 0 Å². The number of hydrogen-bond acceptors (Lipinski definition) is 7. The number of β-lactam (4-membered cyclic amide) rings is 1.